The highest BCUT2D eigenvalue weighted by molar-refractivity contribution is 4.75. The van der Waals surface area contributed by atoms with Crippen molar-refractivity contribution in [3.8, 4) is 0 Å². The molecule has 0 aliphatic carbocycles. The largest absolute Gasteiger partial charge is 0.373 e. The van der Waals surface area contributed by atoms with E-state index in [0.717, 1.165) is 12.5 Å². The molecule has 0 aromatic rings. The number of rotatable bonds is 5. The smallest absolute Gasteiger partial charge is 0.0835 e. The molecule has 0 aromatic carbocycles. The zero-order valence-electron chi connectivity index (χ0n) is 7.10. The summed E-state index contributed by atoms with van der Waals surface area (Å²) in [4.78, 5) is 0. The minimum atomic E-state index is 0.622. The molecule has 0 saturated carbocycles. The first-order chi connectivity index (χ1) is 4.84. The number of hydrogen-bond donors (Lipinski definition) is 0. The predicted molar refractivity (Wildman–Crippen MR) is 43.0 cm³/mol. The molecule has 1 aliphatic rings. The van der Waals surface area contributed by atoms with Crippen molar-refractivity contribution in [3.05, 3.63) is 0 Å². The fraction of sp³-hybridized carbons (Fsp3) is 1.00. The van der Waals surface area contributed by atoms with Crippen LogP contribution in [0.1, 0.15) is 39.5 Å². The van der Waals surface area contributed by atoms with Crippen LogP contribution in [0.4, 0.5) is 0 Å². The highest BCUT2D eigenvalue weighted by atomic mass is 16.6. The van der Waals surface area contributed by atoms with E-state index in [1.807, 2.05) is 0 Å². The van der Waals surface area contributed by atoms with Crippen LogP contribution in [0.15, 0.2) is 0 Å². The highest BCUT2D eigenvalue weighted by Gasteiger charge is 2.28. The quantitative estimate of drug-likeness (QED) is 0.424. The molecule has 10 heavy (non-hydrogen) atoms. The normalized spacial score (nSPS) is 26.4. The SMILES string of the molecule is CCCCCC(C)C1CO1. The van der Waals surface area contributed by atoms with Crippen molar-refractivity contribution in [2.45, 2.75) is 45.6 Å². The Labute approximate surface area is 63.8 Å². The summed E-state index contributed by atoms with van der Waals surface area (Å²) in [6, 6.07) is 0. The average molecular weight is 142 g/mol. The molecule has 0 aromatic heterocycles. The van der Waals surface area contributed by atoms with Gasteiger partial charge in [0.2, 0.25) is 0 Å². The van der Waals surface area contributed by atoms with E-state index in [4.69, 9.17) is 4.74 Å². The fourth-order valence-electron chi connectivity index (χ4n) is 1.29. The number of epoxide rings is 1. The minimum absolute atomic E-state index is 0.622. The molecule has 0 N–H and O–H groups in total. The molecule has 0 spiro atoms. The molecule has 1 rings (SSSR count). The second-order valence-corrected chi connectivity index (χ2v) is 3.34. The molecule has 1 heteroatoms. The molecule has 1 heterocycles. The molecule has 1 fully saturated rings. The van der Waals surface area contributed by atoms with Gasteiger partial charge < -0.3 is 4.74 Å². The third kappa shape index (κ3) is 2.70. The van der Waals surface area contributed by atoms with Gasteiger partial charge in [0.25, 0.3) is 0 Å². The third-order valence-corrected chi connectivity index (χ3v) is 2.26. The van der Waals surface area contributed by atoms with Crippen LogP contribution in [0.2, 0.25) is 0 Å². The fourth-order valence-corrected chi connectivity index (χ4v) is 1.29. The highest BCUT2D eigenvalue weighted by Crippen LogP contribution is 2.24. The van der Waals surface area contributed by atoms with Crippen LogP contribution in [0.25, 0.3) is 0 Å². The van der Waals surface area contributed by atoms with Crippen molar-refractivity contribution in [1.82, 2.24) is 0 Å². The van der Waals surface area contributed by atoms with Gasteiger partial charge in [-0.25, -0.2) is 0 Å². The second-order valence-electron chi connectivity index (χ2n) is 3.34. The summed E-state index contributed by atoms with van der Waals surface area (Å²) in [6.07, 6.45) is 6.09. The molecular formula is C9H18O. The lowest BCUT2D eigenvalue weighted by Crippen LogP contribution is -2.02. The Morgan fingerprint density at radius 1 is 1.50 bits per heavy atom. The number of hydrogen-bond acceptors (Lipinski definition) is 1. The van der Waals surface area contributed by atoms with E-state index in [1.54, 1.807) is 0 Å². The maximum absolute atomic E-state index is 5.20. The molecule has 1 nitrogen and oxygen atoms in total. The van der Waals surface area contributed by atoms with Crippen LogP contribution >= 0.6 is 0 Å². The van der Waals surface area contributed by atoms with Crippen molar-refractivity contribution in [2.24, 2.45) is 5.92 Å². The number of ether oxygens (including phenoxy) is 1. The maximum atomic E-state index is 5.20. The lowest BCUT2D eigenvalue weighted by atomic mass is 10.0. The Morgan fingerprint density at radius 3 is 2.70 bits per heavy atom. The van der Waals surface area contributed by atoms with Gasteiger partial charge in [0.05, 0.1) is 12.7 Å². The summed E-state index contributed by atoms with van der Waals surface area (Å²) in [7, 11) is 0. The Hall–Kier alpha value is -0.0400. The molecule has 60 valence electrons. The monoisotopic (exact) mass is 142 g/mol. The van der Waals surface area contributed by atoms with Crippen LogP contribution in [-0.4, -0.2) is 12.7 Å². The van der Waals surface area contributed by atoms with Crippen molar-refractivity contribution < 1.29 is 4.74 Å². The minimum Gasteiger partial charge on any atom is -0.373 e. The Kier molecular flexibility index (Phi) is 3.20. The first-order valence-corrected chi connectivity index (χ1v) is 4.46. The first kappa shape index (κ1) is 8.06. The van der Waals surface area contributed by atoms with E-state index >= 15 is 0 Å². The molecular weight excluding hydrogens is 124 g/mol. The van der Waals surface area contributed by atoms with E-state index in [-0.39, 0.29) is 0 Å². The lowest BCUT2D eigenvalue weighted by Gasteiger charge is -2.05. The van der Waals surface area contributed by atoms with Gasteiger partial charge in [-0.15, -0.1) is 0 Å². The van der Waals surface area contributed by atoms with Crippen LogP contribution < -0.4 is 0 Å². The Bertz CT molecular complexity index is 86.7. The standard InChI is InChI=1S/C9H18O/c1-3-4-5-6-8(2)9-7-10-9/h8-9H,3-7H2,1-2H3. The van der Waals surface area contributed by atoms with Crippen molar-refractivity contribution in [2.75, 3.05) is 6.61 Å². The van der Waals surface area contributed by atoms with Crippen LogP contribution in [0.5, 0.6) is 0 Å². The van der Waals surface area contributed by atoms with Crippen molar-refractivity contribution in [3.63, 3.8) is 0 Å². The first-order valence-electron chi connectivity index (χ1n) is 4.46. The Balaban J connectivity index is 1.90. The van der Waals surface area contributed by atoms with E-state index in [9.17, 15) is 0 Å². The third-order valence-electron chi connectivity index (χ3n) is 2.26. The topological polar surface area (TPSA) is 12.5 Å². The molecule has 1 saturated heterocycles. The summed E-state index contributed by atoms with van der Waals surface area (Å²) in [5.41, 5.74) is 0. The predicted octanol–water partition coefficient (Wildman–Crippen LogP) is 2.60. The van der Waals surface area contributed by atoms with Gasteiger partial charge in [0, 0.05) is 0 Å². The molecule has 0 bridgehead atoms. The van der Waals surface area contributed by atoms with Gasteiger partial charge in [-0.05, 0) is 12.3 Å². The van der Waals surface area contributed by atoms with Crippen LogP contribution in [0, 0.1) is 5.92 Å². The maximum Gasteiger partial charge on any atom is 0.0835 e. The molecule has 0 radical (unpaired) electrons. The van der Waals surface area contributed by atoms with Gasteiger partial charge in [0.1, 0.15) is 0 Å². The van der Waals surface area contributed by atoms with E-state index in [0.29, 0.717) is 6.10 Å². The molecule has 2 atom stereocenters. The summed E-state index contributed by atoms with van der Waals surface area (Å²) in [5, 5.41) is 0. The van der Waals surface area contributed by atoms with Crippen LogP contribution in [0.3, 0.4) is 0 Å². The van der Waals surface area contributed by atoms with Gasteiger partial charge in [-0.3, -0.25) is 0 Å². The second kappa shape index (κ2) is 3.97. The van der Waals surface area contributed by atoms with Gasteiger partial charge in [-0.2, -0.15) is 0 Å². The summed E-state index contributed by atoms with van der Waals surface area (Å²) in [6.45, 7) is 5.57. The lowest BCUT2D eigenvalue weighted by molar-refractivity contribution is 0.325. The van der Waals surface area contributed by atoms with Gasteiger partial charge in [0.15, 0.2) is 0 Å². The molecule has 2 unspecified atom stereocenters. The molecule has 0 amide bonds. The summed E-state index contributed by atoms with van der Waals surface area (Å²) < 4.78 is 5.20. The van der Waals surface area contributed by atoms with E-state index in [1.165, 1.54) is 25.7 Å². The zero-order chi connectivity index (χ0) is 7.40. The van der Waals surface area contributed by atoms with Crippen LogP contribution in [-0.2, 0) is 4.74 Å². The van der Waals surface area contributed by atoms with Crippen molar-refractivity contribution in [1.29, 1.82) is 0 Å². The average Bonchev–Trinajstić information content (AvgIpc) is 2.69. The Morgan fingerprint density at radius 2 is 2.20 bits per heavy atom. The van der Waals surface area contributed by atoms with E-state index in [2.05, 4.69) is 13.8 Å². The van der Waals surface area contributed by atoms with E-state index < -0.39 is 0 Å². The van der Waals surface area contributed by atoms with Gasteiger partial charge in [-0.1, -0.05) is 33.1 Å². The summed E-state index contributed by atoms with van der Waals surface area (Å²) in [5.74, 6) is 0.812. The molecule has 1 aliphatic heterocycles. The summed E-state index contributed by atoms with van der Waals surface area (Å²) >= 11 is 0. The van der Waals surface area contributed by atoms with Gasteiger partial charge >= 0.3 is 0 Å². The number of unbranched alkanes of at least 4 members (excludes halogenated alkanes) is 2. The van der Waals surface area contributed by atoms with Crippen molar-refractivity contribution >= 4 is 0 Å². The zero-order valence-corrected chi connectivity index (χ0v) is 7.10.